The lowest BCUT2D eigenvalue weighted by molar-refractivity contribution is 0.0746. The van der Waals surface area contributed by atoms with Crippen molar-refractivity contribution in [3.05, 3.63) is 0 Å². The molecule has 0 heterocycles. The molecule has 0 bridgehead atoms. The Morgan fingerprint density at radius 2 is 1.41 bits per heavy atom. The van der Waals surface area contributed by atoms with Gasteiger partial charge >= 0.3 is 0 Å². The topological polar surface area (TPSA) is 21.7 Å². The van der Waals surface area contributed by atoms with Crippen molar-refractivity contribution in [2.24, 2.45) is 23.7 Å². The normalized spacial score (nSPS) is 15.8. The van der Waals surface area contributed by atoms with Crippen molar-refractivity contribution in [2.75, 3.05) is 26.5 Å². The van der Waals surface area contributed by atoms with Gasteiger partial charge in [0.15, 0.2) is 0 Å². The van der Waals surface area contributed by atoms with Crippen LogP contribution in [-0.4, -0.2) is 43.8 Å². The van der Waals surface area contributed by atoms with Crippen LogP contribution in [0.4, 0.5) is 0 Å². The molecule has 0 rings (SSSR count). The molecular formula is C18H40NO2P. The number of nitrogens with zero attached hydrogens (tertiary/aromatic N) is 1. The van der Waals surface area contributed by atoms with Crippen LogP contribution in [0.25, 0.3) is 0 Å². The summed E-state index contributed by atoms with van der Waals surface area (Å²) in [5, 5.41) is 0. The molecule has 0 spiro atoms. The summed E-state index contributed by atoms with van der Waals surface area (Å²) in [7, 11) is -2.00. The van der Waals surface area contributed by atoms with Gasteiger partial charge in [-0.1, -0.05) is 47.8 Å². The van der Waals surface area contributed by atoms with Gasteiger partial charge in [0, 0.05) is 19.3 Å². The van der Waals surface area contributed by atoms with Gasteiger partial charge in [-0.05, 0) is 37.5 Å². The van der Waals surface area contributed by atoms with E-state index in [9.17, 15) is 0 Å². The lowest BCUT2D eigenvalue weighted by Crippen LogP contribution is -2.35. The van der Waals surface area contributed by atoms with Crippen LogP contribution in [0.5, 0.6) is 0 Å². The molecule has 1 unspecified atom stereocenters. The first-order valence-corrected chi connectivity index (χ1v) is 11.0. The van der Waals surface area contributed by atoms with Crippen molar-refractivity contribution < 1.29 is 9.05 Å². The van der Waals surface area contributed by atoms with Crippen LogP contribution in [-0.2, 0) is 9.05 Å². The summed E-state index contributed by atoms with van der Waals surface area (Å²) in [6, 6.07) is 0.474. The monoisotopic (exact) mass is 333 g/mol. The highest BCUT2D eigenvalue weighted by Crippen LogP contribution is 2.44. The third-order valence-corrected chi connectivity index (χ3v) is 5.44. The Labute approximate surface area is 139 Å². The zero-order valence-electron chi connectivity index (χ0n) is 16.4. The predicted molar refractivity (Wildman–Crippen MR) is 102 cm³/mol. The van der Waals surface area contributed by atoms with E-state index >= 15 is 0 Å². The average molecular weight is 333 g/mol. The van der Waals surface area contributed by atoms with Crippen LogP contribution >= 0.6 is 7.34 Å². The highest BCUT2D eigenvalue weighted by atomic mass is 31.2. The van der Waals surface area contributed by atoms with Gasteiger partial charge < -0.3 is 9.05 Å². The molecule has 4 heteroatoms. The lowest BCUT2D eigenvalue weighted by atomic mass is 9.86. The van der Waals surface area contributed by atoms with Gasteiger partial charge in [0.25, 0.3) is 0 Å². The molecule has 1 atom stereocenters. The van der Waals surface area contributed by atoms with Crippen molar-refractivity contribution in [1.29, 1.82) is 0 Å². The molecular weight excluding hydrogens is 293 g/mol. The Morgan fingerprint density at radius 1 is 0.909 bits per heavy atom. The largest absolute Gasteiger partial charge is 0.337 e. The van der Waals surface area contributed by atoms with Gasteiger partial charge in [-0.15, -0.1) is 0 Å². The maximum Gasteiger partial charge on any atom is 0.116 e. The van der Waals surface area contributed by atoms with Crippen molar-refractivity contribution in [3.8, 4) is 0 Å². The van der Waals surface area contributed by atoms with E-state index in [1.165, 1.54) is 0 Å². The standard InChI is InChI=1S/C18H40NO2P/c1-14(2)11-19(17(7)8)13-21-22(9,10)20-12-18(15(3)4)16(5)6/h14-18H,9,11-13H2,1-8,10H3. The lowest BCUT2D eigenvalue weighted by Gasteiger charge is -2.32. The Balaban J connectivity index is 4.47. The van der Waals surface area contributed by atoms with Crippen LogP contribution in [0.2, 0.25) is 0 Å². The molecule has 0 aliphatic carbocycles. The molecule has 0 saturated heterocycles. The van der Waals surface area contributed by atoms with E-state index in [-0.39, 0.29) is 0 Å². The van der Waals surface area contributed by atoms with Crippen LogP contribution in [0.1, 0.15) is 55.4 Å². The SMILES string of the molecule is C=P(C)(OCC(C(C)C)C(C)C)OCN(CC(C)C)C(C)C. The van der Waals surface area contributed by atoms with Crippen LogP contribution in [0.15, 0.2) is 0 Å². The maximum absolute atomic E-state index is 6.10. The van der Waals surface area contributed by atoms with Crippen molar-refractivity contribution >= 4 is 13.6 Å². The Bertz CT molecular complexity index is 332. The minimum atomic E-state index is -2.00. The fourth-order valence-corrected chi connectivity index (χ4v) is 3.47. The van der Waals surface area contributed by atoms with E-state index in [0.29, 0.717) is 36.4 Å². The molecule has 0 aliphatic heterocycles. The second-order valence-corrected chi connectivity index (χ2v) is 10.5. The zero-order valence-corrected chi connectivity index (χ0v) is 17.3. The molecule has 0 radical (unpaired) electrons. The summed E-state index contributed by atoms with van der Waals surface area (Å²) in [6.07, 6.45) is 4.21. The van der Waals surface area contributed by atoms with Crippen LogP contribution < -0.4 is 0 Å². The van der Waals surface area contributed by atoms with Crippen LogP contribution in [0, 0.1) is 23.7 Å². The van der Waals surface area contributed by atoms with E-state index in [1.807, 2.05) is 6.66 Å². The minimum absolute atomic E-state index is 0.474. The second kappa shape index (κ2) is 10.1. The summed E-state index contributed by atoms with van der Waals surface area (Å²) < 4.78 is 12.2. The van der Waals surface area contributed by atoms with Gasteiger partial charge in [-0.25, -0.2) is 0 Å². The van der Waals surface area contributed by atoms with Gasteiger partial charge in [0.05, 0.1) is 6.61 Å². The molecule has 0 saturated carbocycles. The van der Waals surface area contributed by atoms with Gasteiger partial charge in [0.2, 0.25) is 0 Å². The maximum atomic E-state index is 6.10. The zero-order chi connectivity index (χ0) is 17.5. The molecule has 0 amide bonds. The number of hydrogen-bond acceptors (Lipinski definition) is 3. The summed E-state index contributed by atoms with van der Waals surface area (Å²) in [5.74, 6) is 2.43. The van der Waals surface area contributed by atoms with E-state index in [4.69, 9.17) is 9.05 Å². The minimum Gasteiger partial charge on any atom is -0.337 e. The third kappa shape index (κ3) is 9.35. The molecule has 0 aromatic heterocycles. The summed E-state index contributed by atoms with van der Waals surface area (Å²) in [5.41, 5.74) is 0. The molecule has 0 aromatic carbocycles. The highest BCUT2D eigenvalue weighted by Gasteiger charge is 2.21. The van der Waals surface area contributed by atoms with E-state index < -0.39 is 7.34 Å². The molecule has 22 heavy (non-hydrogen) atoms. The van der Waals surface area contributed by atoms with E-state index in [1.54, 1.807) is 0 Å². The van der Waals surface area contributed by atoms with E-state index in [2.05, 4.69) is 66.6 Å². The Hall–Kier alpha value is 0.180. The first-order chi connectivity index (χ1) is 9.96. The first kappa shape index (κ1) is 22.2. The molecule has 0 aromatic rings. The van der Waals surface area contributed by atoms with Gasteiger partial charge in [0.1, 0.15) is 14.1 Å². The average Bonchev–Trinajstić information content (AvgIpc) is 2.32. The quantitative estimate of drug-likeness (QED) is 0.384. The third-order valence-electron chi connectivity index (χ3n) is 4.08. The molecule has 3 nitrogen and oxygen atoms in total. The summed E-state index contributed by atoms with van der Waals surface area (Å²) in [6.45, 7) is 22.4. The fraction of sp³-hybridized carbons (Fsp3) is 0.944. The summed E-state index contributed by atoms with van der Waals surface area (Å²) in [4.78, 5) is 2.35. The van der Waals surface area contributed by atoms with Gasteiger partial charge in [-0.2, -0.15) is 0 Å². The fourth-order valence-electron chi connectivity index (χ4n) is 2.51. The van der Waals surface area contributed by atoms with Crippen molar-refractivity contribution in [3.63, 3.8) is 0 Å². The molecule has 0 aliphatic rings. The predicted octanol–water partition coefficient (Wildman–Crippen LogP) is 5.18. The van der Waals surface area contributed by atoms with Crippen molar-refractivity contribution in [2.45, 2.75) is 61.4 Å². The van der Waals surface area contributed by atoms with Crippen molar-refractivity contribution in [1.82, 2.24) is 4.90 Å². The Morgan fingerprint density at radius 3 is 1.77 bits per heavy atom. The molecule has 0 fully saturated rings. The smallest absolute Gasteiger partial charge is 0.116 e. The highest BCUT2D eigenvalue weighted by molar-refractivity contribution is 7.63. The van der Waals surface area contributed by atoms with Gasteiger partial charge in [-0.3, -0.25) is 4.90 Å². The number of rotatable bonds is 11. The molecule has 0 N–H and O–H groups in total. The Kier molecular flexibility index (Phi) is 10.2. The van der Waals surface area contributed by atoms with Crippen LogP contribution in [0.3, 0.4) is 0 Å². The number of hydrogen-bond donors (Lipinski definition) is 0. The first-order valence-electron chi connectivity index (χ1n) is 8.70. The molecule has 134 valence electrons. The summed E-state index contributed by atoms with van der Waals surface area (Å²) >= 11 is 0. The second-order valence-electron chi connectivity index (χ2n) is 7.98. The van der Waals surface area contributed by atoms with E-state index in [0.717, 1.165) is 13.2 Å².